The number of carbonyl (C=O) groups excluding carboxylic acids is 2. The number of nitrogens with zero attached hydrogens (tertiary/aromatic N) is 2. The first-order valence-corrected chi connectivity index (χ1v) is 5.41. The molecule has 2 rings (SSSR count). The molecule has 1 fully saturated rings. The van der Waals surface area contributed by atoms with E-state index in [9.17, 15) is 14.4 Å². The highest BCUT2D eigenvalue weighted by atomic mass is 16.4. The Morgan fingerprint density at radius 3 is 2.56 bits per heavy atom. The zero-order valence-corrected chi connectivity index (χ0v) is 10.0. The average Bonchev–Trinajstić information content (AvgIpc) is 2.48. The third kappa shape index (κ3) is 1.85. The Morgan fingerprint density at radius 1 is 1.39 bits per heavy atom. The molecular formula is C12H12N2O4. The minimum Gasteiger partial charge on any atom is -0.477 e. The molecule has 1 aromatic rings. The molecule has 0 aromatic carbocycles. The Kier molecular flexibility index (Phi) is 2.65. The van der Waals surface area contributed by atoms with Crippen molar-refractivity contribution in [1.29, 1.82) is 0 Å². The number of carbonyl (C=O) groups is 3. The molecule has 1 saturated heterocycles. The molecule has 0 unspecified atom stereocenters. The van der Waals surface area contributed by atoms with E-state index in [2.05, 4.69) is 4.98 Å². The Balaban J connectivity index is 2.44. The highest BCUT2D eigenvalue weighted by molar-refractivity contribution is 6.21. The quantitative estimate of drug-likeness (QED) is 0.791. The summed E-state index contributed by atoms with van der Waals surface area (Å²) in [6.07, 6.45) is 0.102. The highest BCUT2D eigenvalue weighted by Crippen LogP contribution is 2.34. The number of amides is 2. The van der Waals surface area contributed by atoms with Crippen molar-refractivity contribution in [3.05, 3.63) is 23.9 Å². The average molecular weight is 248 g/mol. The fourth-order valence-electron chi connectivity index (χ4n) is 1.85. The van der Waals surface area contributed by atoms with Gasteiger partial charge in [0.2, 0.25) is 11.8 Å². The summed E-state index contributed by atoms with van der Waals surface area (Å²) in [5, 5.41) is 8.84. The number of pyridine rings is 1. The molecule has 94 valence electrons. The molecule has 18 heavy (non-hydrogen) atoms. The van der Waals surface area contributed by atoms with E-state index in [1.807, 2.05) is 0 Å². The summed E-state index contributed by atoms with van der Waals surface area (Å²) in [4.78, 5) is 39.4. The molecule has 0 aliphatic carbocycles. The largest absolute Gasteiger partial charge is 0.477 e. The maximum atomic E-state index is 12.0. The Hall–Kier alpha value is -2.24. The van der Waals surface area contributed by atoms with E-state index < -0.39 is 11.4 Å². The van der Waals surface area contributed by atoms with Crippen LogP contribution in [0.25, 0.3) is 0 Å². The van der Waals surface area contributed by atoms with Crippen molar-refractivity contribution >= 4 is 23.6 Å². The first-order valence-electron chi connectivity index (χ1n) is 5.41. The molecule has 1 aliphatic rings. The van der Waals surface area contributed by atoms with E-state index in [1.54, 1.807) is 13.8 Å². The van der Waals surface area contributed by atoms with Crippen LogP contribution in [-0.2, 0) is 9.59 Å². The minimum absolute atomic E-state index is 0.0653. The molecule has 0 bridgehead atoms. The van der Waals surface area contributed by atoms with Crippen molar-refractivity contribution in [3.63, 3.8) is 0 Å². The lowest BCUT2D eigenvalue weighted by Crippen LogP contribution is -2.33. The smallest absolute Gasteiger partial charge is 0.354 e. The predicted octanol–water partition coefficient (Wildman–Crippen LogP) is 1.07. The number of aromatic nitrogens is 1. The van der Waals surface area contributed by atoms with Gasteiger partial charge in [0.15, 0.2) is 5.69 Å². The van der Waals surface area contributed by atoms with Gasteiger partial charge in [0.05, 0.1) is 5.41 Å². The monoisotopic (exact) mass is 248 g/mol. The molecule has 6 nitrogen and oxygen atoms in total. The van der Waals surface area contributed by atoms with Crippen molar-refractivity contribution in [3.8, 4) is 0 Å². The van der Waals surface area contributed by atoms with Crippen molar-refractivity contribution in [2.75, 3.05) is 4.90 Å². The number of imide groups is 1. The predicted molar refractivity (Wildman–Crippen MR) is 62.1 cm³/mol. The zero-order valence-electron chi connectivity index (χ0n) is 10.0. The Bertz CT molecular complexity index is 551. The third-order valence-corrected chi connectivity index (χ3v) is 2.81. The normalized spacial score (nSPS) is 18.2. The standard InChI is InChI=1S/C12H12N2O4/c1-12(2)6-9(15)14(11(12)18)8-5-3-4-7(13-8)10(16)17/h3-5H,6H2,1-2H3,(H,16,17). The van der Waals surface area contributed by atoms with Crippen molar-refractivity contribution in [2.45, 2.75) is 20.3 Å². The van der Waals surface area contributed by atoms with Gasteiger partial charge in [-0.15, -0.1) is 0 Å². The van der Waals surface area contributed by atoms with Gasteiger partial charge >= 0.3 is 5.97 Å². The van der Waals surface area contributed by atoms with E-state index in [4.69, 9.17) is 5.11 Å². The molecule has 0 atom stereocenters. The van der Waals surface area contributed by atoms with Gasteiger partial charge in [-0.1, -0.05) is 19.9 Å². The van der Waals surface area contributed by atoms with E-state index in [1.165, 1.54) is 18.2 Å². The van der Waals surface area contributed by atoms with Crippen molar-refractivity contribution in [1.82, 2.24) is 4.98 Å². The van der Waals surface area contributed by atoms with Gasteiger partial charge < -0.3 is 5.11 Å². The molecule has 1 aromatic heterocycles. The molecule has 1 N–H and O–H groups in total. The highest BCUT2D eigenvalue weighted by Gasteiger charge is 2.46. The molecule has 2 heterocycles. The van der Waals surface area contributed by atoms with Gasteiger partial charge in [-0.25, -0.2) is 14.7 Å². The summed E-state index contributed by atoms with van der Waals surface area (Å²) in [7, 11) is 0. The Labute approximate surface area is 103 Å². The first-order chi connectivity index (χ1) is 8.33. The van der Waals surface area contributed by atoms with Crippen LogP contribution in [0.2, 0.25) is 0 Å². The number of carboxylic acids is 1. The van der Waals surface area contributed by atoms with Crippen LogP contribution in [-0.4, -0.2) is 27.9 Å². The molecular weight excluding hydrogens is 236 g/mol. The van der Waals surface area contributed by atoms with E-state index in [-0.39, 0.29) is 29.7 Å². The third-order valence-electron chi connectivity index (χ3n) is 2.81. The molecule has 1 aliphatic heterocycles. The van der Waals surface area contributed by atoms with Gasteiger partial charge in [0.1, 0.15) is 5.82 Å². The summed E-state index contributed by atoms with van der Waals surface area (Å²) in [5.41, 5.74) is -0.962. The van der Waals surface area contributed by atoms with Gasteiger partial charge in [-0.2, -0.15) is 0 Å². The van der Waals surface area contributed by atoms with Crippen molar-refractivity contribution in [2.24, 2.45) is 5.41 Å². The maximum absolute atomic E-state index is 12.0. The summed E-state index contributed by atoms with van der Waals surface area (Å²) in [6.45, 7) is 3.35. The number of hydrogen-bond donors (Lipinski definition) is 1. The molecule has 0 spiro atoms. The second kappa shape index (κ2) is 3.90. The van der Waals surface area contributed by atoms with Crippen LogP contribution in [0.1, 0.15) is 30.8 Å². The van der Waals surface area contributed by atoms with Crippen molar-refractivity contribution < 1.29 is 19.5 Å². The van der Waals surface area contributed by atoms with Gasteiger partial charge in [-0.3, -0.25) is 9.59 Å². The SMILES string of the molecule is CC1(C)CC(=O)N(c2cccc(C(=O)O)n2)C1=O. The van der Waals surface area contributed by atoms with Crippen LogP contribution in [0.5, 0.6) is 0 Å². The summed E-state index contributed by atoms with van der Waals surface area (Å²) in [5.74, 6) is -1.85. The topological polar surface area (TPSA) is 87.6 Å². The van der Waals surface area contributed by atoms with Gasteiger partial charge in [-0.05, 0) is 12.1 Å². The molecule has 2 amide bonds. The van der Waals surface area contributed by atoms with Crippen LogP contribution < -0.4 is 4.90 Å². The van der Waals surface area contributed by atoms with E-state index in [0.29, 0.717) is 0 Å². The van der Waals surface area contributed by atoms with Crippen LogP contribution in [0, 0.1) is 5.41 Å². The van der Waals surface area contributed by atoms with Crippen LogP contribution in [0.4, 0.5) is 5.82 Å². The lowest BCUT2D eigenvalue weighted by Gasteiger charge is -2.16. The van der Waals surface area contributed by atoms with Crippen LogP contribution in [0.15, 0.2) is 18.2 Å². The first kappa shape index (κ1) is 12.2. The summed E-state index contributed by atoms with van der Waals surface area (Å²) >= 11 is 0. The molecule has 6 heteroatoms. The number of rotatable bonds is 2. The van der Waals surface area contributed by atoms with E-state index in [0.717, 1.165) is 4.90 Å². The summed E-state index contributed by atoms with van der Waals surface area (Å²) in [6, 6.07) is 4.21. The molecule has 0 saturated carbocycles. The van der Waals surface area contributed by atoms with Crippen LogP contribution >= 0.6 is 0 Å². The zero-order chi connectivity index (χ0) is 13.5. The second-order valence-corrected chi connectivity index (χ2v) is 4.78. The number of hydrogen-bond acceptors (Lipinski definition) is 4. The number of aromatic carboxylic acids is 1. The fourth-order valence-corrected chi connectivity index (χ4v) is 1.85. The lowest BCUT2D eigenvalue weighted by atomic mass is 9.92. The Morgan fingerprint density at radius 2 is 2.06 bits per heavy atom. The van der Waals surface area contributed by atoms with E-state index >= 15 is 0 Å². The number of anilines is 1. The van der Waals surface area contributed by atoms with Gasteiger partial charge in [0, 0.05) is 6.42 Å². The minimum atomic E-state index is -1.20. The van der Waals surface area contributed by atoms with Crippen LogP contribution in [0.3, 0.4) is 0 Å². The summed E-state index contributed by atoms with van der Waals surface area (Å²) < 4.78 is 0. The second-order valence-electron chi connectivity index (χ2n) is 4.78. The lowest BCUT2D eigenvalue weighted by molar-refractivity contribution is -0.124. The number of carboxylic acid groups (broad SMARTS) is 1. The maximum Gasteiger partial charge on any atom is 0.354 e. The van der Waals surface area contributed by atoms with Gasteiger partial charge in [0.25, 0.3) is 0 Å². The fraction of sp³-hybridized carbons (Fsp3) is 0.333. The molecule has 0 radical (unpaired) electrons.